The molecule has 2 aromatic carbocycles. The van der Waals surface area contributed by atoms with E-state index in [2.05, 4.69) is 10.6 Å². The number of aliphatic hydroxyl groups is 2. The number of carbonyl (C=O) groups excluding carboxylic acids is 2. The molecular formula is C32H48N4O8. The van der Waals surface area contributed by atoms with Crippen LogP contribution in [0.2, 0.25) is 0 Å². The van der Waals surface area contributed by atoms with Gasteiger partial charge in [-0.1, -0.05) is 88.4 Å². The number of aliphatic hydroxyl groups excluding tert-OH is 2. The van der Waals surface area contributed by atoms with Crippen molar-refractivity contribution in [3.8, 4) is 0 Å². The molecule has 2 aromatic rings. The molecule has 12 nitrogen and oxygen atoms in total. The summed E-state index contributed by atoms with van der Waals surface area (Å²) < 4.78 is 0. The Morgan fingerprint density at radius 1 is 0.614 bits per heavy atom. The number of carboxylic acids is 2. The number of aliphatic carboxylic acids is 2. The van der Waals surface area contributed by atoms with Gasteiger partial charge in [-0.2, -0.15) is 0 Å². The summed E-state index contributed by atoms with van der Waals surface area (Å²) in [5.74, 6) is -3.53. The maximum absolute atomic E-state index is 12.0. The van der Waals surface area contributed by atoms with Gasteiger partial charge in [0.05, 0.1) is 0 Å². The standard InChI is InChI=1S/2C16H24N2O4/c2*1-10(2)8-13(16(21)22)18-15(20)14(19)12(17)9-11-6-4-3-5-7-11/h2*3-7,10,12-14,19H,8-9,17H2,1-2H3,(H,18,20)(H,21,22)/t12-,13?,14+;12-,13+,14+/m11/s1. The third-order valence-electron chi connectivity index (χ3n) is 6.62. The molecule has 244 valence electrons. The first-order valence-electron chi connectivity index (χ1n) is 14.6. The Morgan fingerprint density at radius 3 is 1.16 bits per heavy atom. The molecule has 2 amide bonds. The molecule has 0 aliphatic rings. The first kappa shape index (κ1) is 38.2. The number of nitrogens with two attached hydrogens (primary N) is 2. The van der Waals surface area contributed by atoms with Crippen LogP contribution in [0.4, 0.5) is 0 Å². The molecule has 0 heterocycles. The lowest BCUT2D eigenvalue weighted by molar-refractivity contribution is -0.144. The minimum atomic E-state index is -1.45. The predicted molar refractivity (Wildman–Crippen MR) is 166 cm³/mol. The summed E-state index contributed by atoms with van der Waals surface area (Å²) in [4.78, 5) is 46.2. The zero-order chi connectivity index (χ0) is 33.4. The third-order valence-corrected chi connectivity index (χ3v) is 6.62. The fraction of sp³-hybridized carbons (Fsp3) is 0.500. The Kier molecular flexibility index (Phi) is 16.9. The van der Waals surface area contributed by atoms with Gasteiger partial charge in [-0.25, -0.2) is 9.59 Å². The van der Waals surface area contributed by atoms with Crippen molar-refractivity contribution >= 4 is 23.8 Å². The summed E-state index contributed by atoms with van der Waals surface area (Å²) >= 11 is 0. The smallest absolute Gasteiger partial charge is 0.326 e. The van der Waals surface area contributed by atoms with Crippen LogP contribution in [0.3, 0.4) is 0 Å². The molecule has 6 atom stereocenters. The summed E-state index contributed by atoms with van der Waals surface area (Å²) in [6.45, 7) is 7.44. The van der Waals surface area contributed by atoms with Crippen molar-refractivity contribution in [1.29, 1.82) is 0 Å². The summed E-state index contributed by atoms with van der Waals surface area (Å²) in [5.41, 5.74) is 13.5. The number of amides is 2. The highest BCUT2D eigenvalue weighted by Gasteiger charge is 2.29. The van der Waals surface area contributed by atoms with Gasteiger partial charge in [0, 0.05) is 12.1 Å². The van der Waals surface area contributed by atoms with Crippen LogP contribution in [0.25, 0.3) is 0 Å². The molecule has 0 aromatic heterocycles. The third kappa shape index (κ3) is 14.6. The van der Waals surface area contributed by atoms with E-state index in [9.17, 15) is 29.4 Å². The van der Waals surface area contributed by atoms with Gasteiger partial charge in [-0.3, -0.25) is 9.59 Å². The van der Waals surface area contributed by atoms with E-state index >= 15 is 0 Å². The Labute approximate surface area is 258 Å². The van der Waals surface area contributed by atoms with Crippen molar-refractivity contribution in [2.45, 2.75) is 89.8 Å². The Balaban J connectivity index is 0.000000440. The van der Waals surface area contributed by atoms with E-state index in [0.717, 1.165) is 11.1 Å². The van der Waals surface area contributed by atoms with Crippen LogP contribution < -0.4 is 22.1 Å². The lowest BCUT2D eigenvalue weighted by atomic mass is 10.00. The van der Waals surface area contributed by atoms with Crippen molar-refractivity contribution < 1.29 is 39.6 Å². The van der Waals surface area contributed by atoms with Crippen molar-refractivity contribution in [3.05, 3.63) is 71.8 Å². The number of rotatable bonds is 16. The maximum Gasteiger partial charge on any atom is 0.326 e. The molecule has 1 unspecified atom stereocenters. The molecule has 10 N–H and O–H groups in total. The molecule has 0 saturated carbocycles. The van der Waals surface area contributed by atoms with Gasteiger partial charge in [0.1, 0.15) is 24.3 Å². The molecule has 0 bridgehead atoms. The molecule has 0 saturated heterocycles. The molecule has 44 heavy (non-hydrogen) atoms. The van der Waals surface area contributed by atoms with Crippen molar-refractivity contribution in [2.75, 3.05) is 0 Å². The number of benzene rings is 2. The molecule has 0 spiro atoms. The maximum atomic E-state index is 12.0. The van der Waals surface area contributed by atoms with E-state index in [-0.39, 0.29) is 11.8 Å². The number of carbonyl (C=O) groups is 4. The van der Waals surface area contributed by atoms with Crippen molar-refractivity contribution in [3.63, 3.8) is 0 Å². The lowest BCUT2D eigenvalue weighted by Crippen LogP contribution is -2.52. The van der Waals surface area contributed by atoms with Crippen LogP contribution in [0.15, 0.2) is 60.7 Å². The van der Waals surface area contributed by atoms with E-state index in [1.807, 2.05) is 88.4 Å². The molecule has 0 aliphatic heterocycles. The van der Waals surface area contributed by atoms with Gasteiger partial charge < -0.3 is 42.5 Å². The second-order valence-electron chi connectivity index (χ2n) is 11.7. The molecule has 0 fully saturated rings. The normalized spacial score (nSPS) is 15.1. The average Bonchev–Trinajstić information content (AvgIpc) is 2.96. The minimum absolute atomic E-state index is 0.108. The van der Waals surface area contributed by atoms with E-state index in [0.29, 0.717) is 25.7 Å². The Bertz CT molecular complexity index is 1070. The van der Waals surface area contributed by atoms with Crippen LogP contribution in [0, 0.1) is 11.8 Å². The van der Waals surface area contributed by atoms with E-state index in [4.69, 9.17) is 21.7 Å². The topological polar surface area (TPSA) is 225 Å². The quantitative estimate of drug-likeness (QED) is 0.134. The van der Waals surface area contributed by atoms with Crippen LogP contribution in [-0.2, 0) is 32.0 Å². The van der Waals surface area contributed by atoms with E-state index in [1.54, 1.807) is 0 Å². The highest BCUT2D eigenvalue weighted by atomic mass is 16.4. The largest absolute Gasteiger partial charge is 0.480 e. The van der Waals surface area contributed by atoms with Crippen molar-refractivity contribution in [2.24, 2.45) is 23.3 Å². The van der Waals surface area contributed by atoms with Gasteiger partial charge in [0.2, 0.25) is 0 Å². The van der Waals surface area contributed by atoms with Gasteiger partial charge in [-0.05, 0) is 48.6 Å². The fourth-order valence-electron chi connectivity index (χ4n) is 4.28. The first-order chi connectivity index (χ1) is 20.6. The van der Waals surface area contributed by atoms with Crippen LogP contribution in [-0.4, -0.2) is 80.6 Å². The molecule has 0 aliphatic carbocycles. The number of hydrogen-bond donors (Lipinski definition) is 8. The zero-order valence-corrected chi connectivity index (χ0v) is 25.8. The SMILES string of the molecule is CC(C)CC(NC(=O)[C@@H](O)[C@H](N)Cc1ccccc1)C(=O)O.CC(C)C[C@H](NC(=O)[C@@H](O)[C@H](N)Cc1ccccc1)C(=O)O. The van der Waals surface area contributed by atoms with Gasteiger partial charge in [0.15, 0.2) is 0 Å². The van der Waals surface area contributed by atoms with Gasteiger partial charge in [0.25, 0.3) is 11.8 Å². The fourth-order valence-corrected chi connectivity index (χ4v) is 4.28. The second-order valence-corrected chi connectivity index (χ2v) is 11.7. The molecular weight excluding hydrogens is 568 g/mol. The van der Waals surface area contributed by atoms with Crippen LogP contribution in [0.1, 0.15) is 51.7 Å². The Hall–Kier alpha value is -3.84. The van der Waals surface area contributed by atoms with E-state index < -0.39 is 60.1 Å². The Morgan fingerprint density at radius 2 is 0.909 bits per heavy atom. The van der Waals surface area contributed by atoms with Gasteiger partial charge >= 0.3 is 11.9 Å². The number of carboxylic acid groups (broad SMARTS) is 2. The first-order valence-corrected chi connectivity index (χ1v) is 14.6. The van der Waals surface area contributed by atoms with Crippen LogP contribution in [0.5, 0.6) is 0 Å². The highest BCUT2D eigenvalue weighted by molar-refractivity contribution is 5.87. The second kappa shape index (κ2) is 19.4. The van der Waals surface area contributed by atoms with Gasteiger partial charge in [-0.15, -0.1) is 0 Å². The molecule has 12 heteroatoms. The average molecular weight is 617 g/mol. The summed E-state index contributed by atoms with van der Waals surface area (Å²) in [5, 5.41) is 42.9. The predicted octanol–water partition coefficient (Wildman–Crippen LogP) is 1.07. The summed E-state index contributed by atoms with van der Waals surface area (Å²) in [6.07, 6.45) is -1.65. The van der Waals surface area contributed by atoms with E-state index in [1.165, 1.54) is 0 Å². The summed E-state index contributed by atoms with van der Waals surface area (Å²) in [7, 11) is 0. The number of nitrogens with one attached hydrogen (secondary N) is 2. The van der Waals surface area contributed by atoms with Crippen molar-refractivity contribution in [1.82, 2.24) is 10.6 Å². The molecule has 2 rings (SSSR count). The highest BCUT2D eigenvalue weighted by Crippen LogP contribution is 2.09. The van der Waals surface area contributed by atoms with Crippen LogP contribution >= 0.6 is 0 Å². The minimum Gasteiger partial charge on any atom is -0.480 e. The zero-order valence-electron chi connectivity index (χ0n) is 25.8. The summed E-state index contributed by atoms with van der Waals surface area (Å²) in [6, 6.07) is 14.9. The lowest BCUT2D eigenvalue weighted by Gasteiger charge is -2.22. The number of hydrogen-bond acceptors (Lipinski definition) is 8. The molecule has 0 radical (unpaired) electrons. The monoisotopic (exact) mass is 616 g/mol.